The zero-order valence-corrected chi connectivity index (χ0v) is 16.0. The number of thiazole rings is 1. The normalized spacial score (nSPS) is 21.6. The maximum atomic E-state index is 4.62. The van der Waals surface area contributed by atoms with Crippen LogP contribution in [0.5, 0.6) is 0 Å². The Morgan fingerprint density at radius 2 is 1.60 bits per heavy atom. The van der Waals surface area contributed by atoms with E-state index in [1.54, 1.807) is 11.3 Å². The Kier molecular flexibility index (Phi) is 5.15. The van der Waals surface area contributed by atoms with E-state index >= 15 is 0 Å². The van der Waals surface area contributed by atoms with Crippen LogP contribution in [0.1, 0.15) is 42.1 Å². The molecular weight excluding hydrogens is 328 g/mol. The molecule has 2 aliphatic heterocycles. The molecule has 2 fully saturated rings. The summed E-state index contributed by atoms with van der Waals surface area (Å²) >= 11 is 1.77. The second-order valence-corrected chi connectivity index (χ2v) is 8.79. The number of likely N-dealkylation sites (tertiary alicyclic amines) is 2. The van der Waals surface area contributed by atoms with Gasteiger partial charge in [-0.1, -0.05) is 6.07 Å². The predicted octanol–water partition coefficient (Wildman–Crippen LogP) is 3.72. The molecule has 2 saturated heterocycles. The largest absolute Gasteiger partial charge is 0.297 e. The maximum absolute atomic E-state index is 4.62. The van der Waals surface area contributed by atoms with E-state index in [1.165, 1.54) is 68.3 Å². The van der Waals surface area contributed by atoms with E-state index in [2.05, 4.69) is 44.2 Å². The molecular formula is C20H28N4S. The van der Waals surface area contributed by atoms with E-state index in [-0.39, 0.29) is 0 Å². The van der Waals surface area contributed by atoms with Crippen LogP contribution in [0.2, 0.25) is 0 Å². The van der Waals surface area contributed by atoms with Crippen molar-refractivity contribution in [2.75, 3.05) is 26.2 Å². The van der Waals surface area contributed by atoms with Gasteiger partial charge in [0.05, 0.1) is 16.4 Å². The molecule has 0 unspecified atom stereocenters. The van der Waals surface area contributed by atoms with Crippen LogP contribution in [-0.4, -0.2) is 45.9 Å². The van der Waals surface area contributed by atoms with Gasteiger partial charge in [0.15, 0.2) is 0 Å². The number of pyridine rings is 1. The second kappa shape index (κ2) is 7.52. The summed E-state index contributed by atoms with van der Waals surface area (Å²) in [5.41, 5.74) is 3.05. The second-order valence-electron chi connectivity index (χ2n) is 7.73. The van der Waals surface area contributed by atoms with E-state index in [4.69, 9.17) is 0 Å². The standard InChI is InChI=1S/C20H28N4S/c1-17-22-19(16-25-17)15-24-12-7-20(8-13-24)5-10-23(11-6-20)14-18-4-2-3-9-21-18/h2-4,9,16H,5-8,10-15H2,1H3. The lowest BCUT2D eigenvalue weighted by atomic mass is 9.71. The van der Waals surface area contributed by atoms with E-state index in [0.717, 1.165) is 13.1 Å². The molecule has 2 aliphatic rings. The summed E-state index contributed by atoms with van der Waals surface area (Å²) in [6, 6.07) is 6.23. The molecule has 25 heavy (non-hydrogen) atoms. The SMILES string of the molecule is Cc1nc(CN2CCC3(CCN(Cc4ccccn4)CC3)CC2)cs1. The Bertz CT molecular complexity index is 666. The van der Waals surface area contributed by atoms with Crippen LogP contribution >= 0.6 is 11.3 Å². The van der Waals surface area contributed by atoms with Crippen molar-refractivity contribution < 1.29 is 0 Å². The minimum absolute atomic E-state index is 0.592. The highest BCUT2D eigenvalue weighted by atomic mass is 32.1. The third-order valence-electron chi connectivity index (χ3n) is 6.00. The van der Waals surface area contributed by atoms with Crippen molar-refractivity contribution in [2.24, 2.45) is 5.41 Å². The first-order chi connectivity index (χ1) is 12.2. The Hall–Kier alpha value is -1.30. The number of nitrogens with zero attached hydrogens (tertiary/aromatic N) is 4. The molecule has 0 aromatic carbocycles. The van der Waals surface area contributed by atoms with Gasteiger partial charge in [-0.25, -0.2) is 4.98 Å². The molecule has 4 nitrogen and oxygen atoms in total. The summed E-state index contributed by atoms with van der Waals surface area (Å²) < 4.78 is 0. The number of aryl methyl sites for hydroxylation is 1. The van der Waals surface area contributed by atoms with Gasteiger partial charge in [0.1, 0.15) is 0 Å². The van der Waals surface area contributed by atoms with Gasteiger partial charge in [-0.3, -0.25) is 14.8 Å². The van der Waals surface area contributed by atoms with Gasteiger partial charge in [-0.15, -0.1) is 11.3 Å². The third-order valence-corrected chi connectivity index (χ3v) is 6.82. The highest BCUT2D eigenvalue weighted by Gasteiger charge is 2.37. The molecule has 2 aromatic heterocycles. The topological polar surface area (TPSA) is 32.3 Å². The Morgan fingerprint density at radius 3 is 2.12 bits per heavy atom. The minimum atomic E-state index is 0.592. The fourth-order valence-corrected chi connectivity index (χ4v) is 4.91. The van der Waals surface area contributed by atoms with Crippen LogP contribution in [0, 0.1) is 12.3 Å². The van der Waals surface area contributed by atoms with Crippen LogP contribution in [0.3, 0.4) is 0 Å². The van der Waals surface area contributed by atoms with Crippen molar-refractivity contribution >= 4 is 11.3 Å². The minimum Gasteiger partial charge on any atom is -0.297 e. The summed E-state index contributed by atoms with van der Waals surface area (Å²) in [7, 11) is 0. The Morgan fingerprint density at radius 1 is 0.960 bits per heavy atom. The summed E-state index contributed by atoms with van der Waals surface area (Å²) in [5.74, 6) is 0. The van der Waals surface area contributed by atoms with Gasteiger partial charge in [0.2, 0.25) is 0 Å². The van der Waals surface area contributed by atoms with Gasteiger partial charge >= 0.3 is 0 Å². The fraction of sp³-hybridized carbons (Fsp3) is 0.600. The molecule has 0 amide bonds. The number of hydrogen-bond acceptors (Lipinski definition) is 5. The Balaban J connectivity index is 1.25. The number of rotatable bonds is 4. The van der Waals surface area contributed by atoms with E-state index in [0.29, 0.717) is 5.41 Å². The van der Waals surface area contributed by atoms with Crippen LogP contribution < -0.4 is 0 Å². The quantitative estimate of drug-likeness (QED) is 0.836. The molecule has 0 saturated carbocycles. The van der Waals surface area contributed by atoms with Crippen molar-refractivity contribution in [1.29, 1.82) is 0 Å². The molecule has 0 radical (unpaired) electrons. The lowest BCUT2D eigenvalue weighted by molar-refractivity contribution is 0.0293. The highest BCUT2D eigenvalue weighted by Crippen LogP contribution is 2.41. The first-order valence-electron chi connectivity index (χ1n) is 9.46. The van der Waals surface area contributed by atoms with Gasteiger partial charge in [-0.2, -0.15) is 0 Å². The van der Waals surface area contributed by atoms with E-state index in [1.807, 2.05) is 12.3 Å². The summed E-state index contributed by atoms with van der Waals surface area (Å²) in [6.45, 7) is 9.05. The monoisotopic (exact) mass is 356 g/mol. The average Bonchev–Trinajstić information content (AvgIpc) is 3.05. The molecule has 0 bridgehead atoms. The Labute approximate surface area is 154 Å². The van der Waals surface area contributed by atoms with Crippen molar-refractivity contribution in [3.8, 4) is 0 Å². The molecule has 4 rings (SSSR count). The third kappa shape index (κ3) is 4.27. The smallest absolute Gasteiger partial charge is 0.0897 e. The highest BCUT2D eigenvalue weighted by molar-refractivity contribution is 7.09. The van der Waals surface area contributed by atoms with E-state index in [9.17, 15) is 0 Å². The lowest BCUT2D eigenvalue weighted by Gasteiger charge is -2.46. The summed E-state index contributed by atoms with van der Waals surface area (Å²) in [4.78, 5) is 14.3. The van der Waals surface area contributed by atoms with Crippen molar-refractivity contribution in [3.63, 3.8) is 0 Å². The molecule has 2 aromatic rings. The van der Waals surface area contributed by atoms with Gasteiger partial charge < -0.3 is 0 Å². The predicted molar refractivity (Wildman–Crippen MR) is 103 cm³/mol. The van der Waals surface area contributed by atoms with E-state index < -0.39 is 0 Å². The van der Waals surface area contributed by atoms with Gasteiger partial charge in [-0.05, 0) is 76.3 Å². The molecule has 4 heterocycles. The molecule has 5 heteroatoms. The van der Waals surface area contributed by atoms with Crippen LogP contribution in [-0.2, 0) is 13.1 Å². The summed E-state index contributed by atoms with van der Waals surface area (Å²) in [6.07, 6.45) is 7.31. The van der Waals surface area contributed by atoms with Crippen LogP contribution in [0.15, 0.2) is 29.8 Å². The number of aromatic nitrogens is 2. The molecule has 134 valence electrons. The van der Waals surface area contributed by atoms with Gasteiger partial charge in [0.25, 0.3) is 0 Å². The zero-order valence-electron chi connectivity index (χ0n) is 15.2. The molecule has 0 atom stereocenters. The van der Waals surface area contributed by atoms with Gasteiger partial charge in [0, 0.05) is 24.7 Å². The van der Waals surface area contributed by atoms with Crippen molar-refractivity contribution in [3.05, 3.63) is 46.2 Å². The average molecular weight is 357 g/mol. The summed E-state index contributed by atoms with van der Waals surface area (Å²) in [5, 5.41) is 3.40. The fourth-order valence-electron chi connectivity index (χ4n) is 4.30. The molecule has 0 N–H and O–H groups in total. The molecule has 1 spiro atoms. The first kappa shape index (κ1) is 17.1. The zero-order chi connectivity index (χ0) is 17.1. The molecule has 0 aliphatic carbocycles. The van der Waals surface area contributed by atoms with Crippen LogP contribution in [0.4, 0.5) is 0 Å². The first-order valence-corrected chi connectivity index (χ1v) is 10.3. The number of piperidine rings is 2. The van der Waals surface area contributed by atoms with Crippen LogP contribution in [0.25, 0.3) is 0 Å². The lowest BCUT2D eigenvalue weighted by Crippen LogP contribution is -2.46. The van der Waals surface area contributed by atoms with Crippen molar-refractivity contribution in [2.45, 2.75) is 45.7 Å². The van der Waals surface area contributed by atoms with Crippen molar-refractivity contribution in [1.82, 2.24) is 19.8 Å². The maximum Gasteiger partial charge on any atom is 0.0897 e. The number of hydrogen-bond donors (Lipinski definition) is 0.